The molecule has 0 spiro atoms. The predicted octanol–water partition coefficient (Wildman–Crippen LogP) is 2.23. The molecule has 0 bridgehead atoms. The Hall–Kier alpha value is -1.80. The van der Waals surface area contributed by atoms with Gasteiger partial charge in [0.1, 0.15) is 0 Å². The van der Waals surface area contributed by atoms with Gasteiger partial charge in [-0.25, -0.2) is 0 Å². The Labute approximate surface area is 123 Å². The molecule has 116 valence electrons. The molecular formula is C12H12ClF3N2O3. The molecule has 0 saturated carbocycles. The third-order valence-corrected chi connectivity index (χ3v) is 2.51. The number of carbonyl (C=O) groups is 2. The number of hydrogen-bond acceptors (Lipinski definition) is 3. The van der Waals surface area contributed by atoms with Gasteiger partial charge in [-0.05, 0) is 24.3 Å². The van der Waals surface area contributed by atoms with E-state index in [0.717, 1.165) is 0 Å². The Morgan fingerprint density at radius 3 is 2.24 bits per heavy atom. The van der Waals surface area contributed by atoms with E-state index in [1.54, 1.807) is 0 Å². The van der Waals surface area contributed by atoms with E-state index in [2.05, 4.69) is 5.32 Å². The Morgan fingerprint density at radius 2 is 1.76 bits per heavy atom. The van der Waals surface area contributed by atoms with E-state index in [9.17, 15) is 22.8 Å². The molecule has 0 saturated heterocycles. The van der Waals surface area contributed by atoms with Crippen LogP contribution in [0.4, 0.5) is 18.9 Å². The summed E-state index contributed by atoms with van der Waals surface area (Å²) in [6.07, 6.45) is -4.59. The van der Waals surface area contributed by atoms with Crippen molar-refractivity contribution >= 4 is 29.2 Å². The normalized spacial score (nSPS) is 11.5. The molecule has 2 N–H and O–H groups in total. The van der Waals surface area contributed by atoms with Gasteiger partial charge in [0.15, 0.2) is 0 Å². The molecule has 5 nitrogen and oxygen atoms in total. The van der Waals surface area contributed by atoms with Crippen LogP contribution in [0.2, 0.25) is 5.02 Å². The standard InChI is InChI=1S/C12H12ClF3N2O3/c13-8-1-3-9(4-2-8)17-10(19)5-18(6-11(20)21)7-12(14,15)16/h1-4H,5-7H2,(H,17,19)(H,20,21). The smallest absolute Gasteiger partial charge is 0.401 e. The molecule has 0 unspecified atom stereocenters. The molecule has 1 aromatic carbocycles. The summed E-state index contributed by atoms with van der Waals surface area (Å²) in [5, 5.41) is 11.4. The zero-order chi connectivity index (χ0) is 16.0. The van der Waals surface area contributed by atoms with Crippen molar-refractivity contribution in [3.05, 3.63) is 29.3 Å². The largest absolute Gasteiger partial charge is 0.480 e. The molecule has 0 aromatic heterocycles. The topological polar surface area (TPSA) is 69.6 Å². The highest BCUT2D eigenvalue weighted by Gasteiger charge is 2.32. The Bertz CT molecular complexity index is 505. The Morgan fingerprint density at radius 1 is 1.19 bits per heavy atom. The minimum Gasteiger partial charge on any atom is -0.480 e. The highest BCUT2D eigenvalue weighted by atomic mass is 35.5. The average Bonchev–Trinajstić information content (AvgIpc) is 2.28. The molecule has 0 fully saturated rings. The summed E-state index contributed by atoms with van der Waals surface area (Å²) in [6, 6.07) is 5.96. The van der Waals surface area contributed by atoms with Crippen molar-refractivity contribution in [3.63, 3.8) is 0 Å². The van der Waals surface area contributed by atoms with Crippen LogP contribution < -0.4 is 5.32 Å². The number of halogens is 4. The van der Waals surface area contributed by atoms with Crippen LogP contribution in [-0.4, -0.2) is 47.7 Å². The minimum absolute atomic E-state index is 0.353. The summed E-state index contributed by atoms with van der Waals surface area (Å²) in [7, 11) is 0. The predicted molar refractivity (Wildman–Crippen MR) is 70.2 cm³/mol. The quantitative estimate of drug-likeness (QED) is 0.842. The second-order valence-corrected chi connectivity index (χ2v) is 4.65. The van der Waals surface area contributed by atoms with E-state index < -0.39 is 37.7 Å². The fraction of sp³-hybridized carbons (Fsp3) is 0.333. The van der Waals surface area contributed by atoms with Gasteiger partial charge in [-0.1, -0.05) is 11.6 Å². The van der Waals surface area contributed by atoms with E-state index in [0.29, 0.717) is 15.6 Å². The minimum atomic E-state index is -4.59. The maximum absolute atomic E-state index is 12.3. The molecule has 0 aliphatic carbocycles. The zero-order valence-electron chi connectivity index (χ0n) is 10.7. The molecule has 0 aliphatic rings. The van der Waals surface area contributed by atoms with E-state index >= 15 is 0 Å². The molecular weight excluding hydrogens is 313 g/mol. The maximum Gasteiger partial charge on any atom is 0.401 e. The fourth-order valence-electron chi connectivity index (χ4n) is 1.55. The molecule has 0 heterocycles. The summed E-state index contributed by atoms with van der Waals surface area (Å²) in [5.41, 5.74) is 0.353. The van der Waals surface area contributed by atoms with Gasteiger partial charge in [0.05, 0.1) is 19.6 Å². The number of nitrogens with zero attached hydrogens (tertiary/aromatic N) is 1. The van der Waals surface area contributed by atoms with Gasteiger partial charge >= 0.3 is 12.1 Å². The van der Waals surface area contributed by atoms with Crippen LogP contribution in [0, 0.1) is 0 Å². The van der Waals surface area contributed by atoms with Crippen LogP contribution in [0.15, 0.2) is 24.3 Å². The lowest BCUT2D eigenvalue weighted by molar-refractivity contribution is -0.154. The number of carboxylic acid groups (broad SMARTS) is 1. The fourth-order valence-corrected chi connectivity index (χ4v) is 1.68. The van der Waals surface area contributed by atoms with E-state index in [4.69, 9.17) is 16.7 Å². The number of hydrogen-bond donors (Lipinski definition) is 2. The first kappa shape index (κ1) is 17.3. The van der Waals surface area contributed by atoms with Crippen LogP contribution in [0.5, 0.6) is 0 Å². The maximum atomic E-state index is 12.3. The van der Waals surface area contributed by atoms with E-state index in [1.807, 2.05) is 0 Å². The lowest BCUT2D eigenvalue weighted by Gasteiger charge is -2.21. The number of alkyl halides is 3. The van der Waals surface area contributed by atoms with Gasteiger partial charge in [-0.2, -0.15) is 13.2 Å². The molecule has 0 radical (unpaired) electrons. The first-order valence-electron chi connectivity index (χ1n) is 5.72. The molecule has 0 atom stereocenters. The first-order valence-corrected chi connectivity index (χ1v) is 6.10. The van der Waals surface area contributed by atoms with Gasteiger partial charge in [-0.15, -0.1) is 0 Å². The SMILES string of the molecule is O=C(O)CN(CC(=O)Nc1ccc(Cl)cc1)CC(F)(F)F. The Kier molecular flexibility index (Phi) is 5.98. The van der Waals surface area contributed by atoms with Gasteiger partial charge in [-0.3, -0.25) is 14.5 Å². The van der Waals surface area contributed by atoms with E-state index in [-0.39, 0.29) is 0 Å². The average molecular weight is 325 g/mol. The van der Waals surface area contributed by atoms with Gasteiger partial charge in [0, 0.05) is 10.7 Å². The second kappa shape index (κ2) is 7.28. The summed E-state index contributed by atoms with van der Waals surface area (Å²) < 4.78 is 36.9. The monoisotopic (exact) mass is 324 g/mol. The van der Waals surface area contributed by atoms with Crippen LogP contribution in [0.25, 0.3) is 0 Å². The molecule has 21 heavy (non-hydrogen) atoms. The molecule has 1 rings (SSSR count). The van der Waals surface area contributed by atoms with Crippen LogP contribution in [0.1, 0.15) is 0 Å². The number of aliphatic carboxylic acids is 1. The summed E-state index contributed by atoms with van der Waals surface area (Å²) in [4.78, 5) is 22.6. The van der Waals surface area contributed by atoms with Crippen molar-refractivity contribution in [2.24, 2.45) is 0 Å². The third kappa shape index (κ3) is 7.52. The third-order valence-electron chi connectivity index (χ3n) is 2.26. The van der Waals surface area contributed by atoms with Gasteiger partial charge in [0.2, 0.25) is 5.91 Å². The highest BCUT2D eigenvalue weighted by molar-refractivity contribution is 6.30. The van der Waals surface area contributed by atoms with Crippen LogP contribution in [-0.2, 0) is 9.59 Å². The summed E-state index contributed by atoms with van der Waals surface area (Å²) >= 11 is 5.65. The van der Waals surface area contributed by atoms with Crippen LogP contribution >= 0.6 is 11.6 Å². The lowest BCUT2D eigenvalue weighted by Crippen LogP contribution is -2.42. The first-order chi connectivity index (χ1) is 9.65. The van der Waals surface area contributed by atoms with Crippen molar-refractivity contribution in [3.8, 4) is 0 Å². The lowest BCUT2D eigenvalue weighted by atomic mass is 10.3. The van der Waals surface area contributed by atoms with Gasteiger partial charge in [0.25, 0.3) is 0 Å². The highest BCUT2D eigenvalue weighted by Crippen LogP contribution is 2.17. The molecule has 0 aliphatic heterocycles. The summed E-state index contributed by atoms with van der Waals surface area (Å²) in [5.74, 6) is -2.19. The number of anilines is 1. The number of amides is 1. The molecule has 1 aromatic rings. The van der Waals surface area contributed by atoms with Crippen molar-refractivity contribution in [2.45, 2.75) is 6.18 Å². The van der Waals surface area contributed by atoms with E-state index in [1.165, 1.54) is 24.3 Å². The molecule has 9 heteroatoms. The number of benzene rings is 1. The number of carbonyl (C=O) groups excluding carboxylic acids is 1. The zero-order valence-corrected chi connectivity index (χ0v) is 11.4. The summed E-state index contributed by atoms with van der Waals surface area (Å²) in [6.45, 7) is -3.05. The second-order valence-electron chi connectivity index (χ2n) is 4.21. The molecule has 1 amide bonds. The number of rotatable bonds is 6. The van der Waals surface area contributed by atoms with Crippen molar-refractivity contribution in [1.29, 1.82) is 0 Å². The Balaban J connectivity index is 2.62. The number of carboxylic acids is 1. The van der Waals surface area contributed by atoms with Crippen molar-refractivity contribution in [1.82, 2.24) is 4.90 Å². The van der Waals surface area contributed by atoms with Crippen molar-refractivity contribution in [2.75, 3.05) is 25.0 Å². The van der Waals surface area contributed by atoms with Crippen molar-refractivity contribution < 1.29 is 27.9 Å². The van der Waals surface area contributed by atoms with Crippen LogP contribution in [0.3, 0.4) is 0 Å². The van der Waals surface area contributed by atoms with Gasteiger partial charge < -0.3 is 10.4 Å². The number of nitrogens with one attached hydrogen (secondary N) is 1.